The highest BCUT2D eigenvalue weighted by Gasteiger charge is 2.20. The zero-order valence-electron chi connectivity index (χ0n) is 10.3. The number of alkyl halides is 1. The maximum absolute atomic E-state index is 13.5. The molecule has 0 saturated heterocycles. The second kappa shape index (κ2) is 6.65. The second-order valence-corrected chi connectivity index (χ2v) is 6.65. The molecule has 0 amide bonds. The molecule has 0 aliphatic carbocycles. The van der Waals surface area contributed by atoms with Crippen LogP contribution in [0.3, 0.4) is 0 Å². The number of hydrogen-bond donors (Lipinski definition) is 0. The monoisotopic (exact) mass is 440 g/mol. The van der Waals surface area contributed by atoms with Gasteiger partial charge < -0.3 is 4.74 Å². The van der Waals surface area contributed by atoms with Crippen LogP contribution in [0.1, 0.15) is 16.5 Å². The van der Waals surface area contributed by atoms with Crippen LogP contribution in [-0.4, -0.2) is 7.11 Å². The van der Waals surface area contributed by atoms with Gasteiger partial charge >= 0.3 is 0 Å². The lowest BCUT2D eigenvalue weighted by Crippen LogP contribution is -2.00. The summed E-state index contributed by atoms with van der Waals surface area (Å²) in [6.45, 7) is 0. The SMILES string of the molecule is COc1cc(F)c(Br)cc1C(Cl)c1ccc(Br)cc1Cl. The summed E-state index contributed by atoms with van der Waals surface area (Å²) in [6, 6.07) is 8.32. The Labute approximate surface area is 143 Å². The van der Waals surface area contributed by atoms with Crippen LogP contribution in [-0.2, 0) is 0 Å². The maximum atomic E-state index is 13.5. The molecule has 0 bridgehead atoms. The lowest BCUT2D eigenvalue weighted by Gasteiger charge is -2.16. The second-order valence-electron chi connectivity index (χ2n) is 4.04. The van der Waals surface area contributed by atoms with Crippen molar-refractivity contribution in [3.8, 4) is 5.75 Å². The van der Waals surface area contributed by atoms with Crippen LogP contribution in [0.5, 0.6) is 5.75 Å². The Kier molecular flexibility index (Phi) is 5.35. The summed E-state index contributed by atoms with van der Waals surface area (Å²) in [7, 11) is 1.47. The number of rotatable bonds is 3. The molecular weight excluding hydrogens is 434 g/mol. The third-order valence-corrected chi connectivity index (χ3v) is 4.68. The fourth-order valence-corrected chi connectivity index (χ4v) is 3.35. The molecule has 2 aromatic carbocycles. The number of halogens is 5. The van der Waals surface area contributed by atoms with E-state index in [1.165, 1.54) is 13.2 Å². The van der Waals surface area contributed by atoms with Crippen molar-refractivity contribution >= 4 is 55.1 Å². The van der Waals surface area contributed by atoms with Gasteiger partial charge in [0, 0.05) is 21.1 Å². The van der Waals surface area contributed by atoms with Gasteiger partial charge in [0.15, 0.2) is 0 Å². The molecule has 0 fully saturated rings. The predicted molar refractivity (Wildman–Crippen MR) is 87.5 cm³/mol. The van der Waals surface area contributed by atoms with Crippen LogP contribution in [0.15, 0.2) is 39.3 Å². The van der Waals surface area contributed by atoms with E-state index in [1.807, 2.05) is 12.1 Å². The Morgan fingerprint density at radius 2 is 1.85 bits per heavy atom. The topological polar surface area (TPSA) is 9.23 Å². The minimum absolute atomic E-state index is 0.326. The molecule has 0 spiro atoms. The third-order valence-electron chi connectivity index (χ3n) is 2.78. The molecule has 1 nitrogen and oxygen atoms in total. The number of ether oxygens (including phenoxy) is 1. The van der Waals surface area contributed by atoms with Crippen LogP contribution in [0.25, 0.3) is 0 Å². The lowest BCUT2D eigenvalue weighted by molar-refractivity contribution is 0.406. The number of methoxy groups -OCH3 is 1. The molecule has 0 aliphatic heterocycles. The van der Waals surface area contributed by atoms with Gasteiger partial charge in [-0.25, -0.2) is 4.39 Å². The first-order valence-corrected chi connectivity index (χ1v) is 7.96. The van der Waals surface area contributed by atoms with Gasteiger partial charge in [-0.3, -0.25) is 0 Å². The van der Waals surface area contributed by atoms with Gasteiger partial charge in [0.2, 0.25) is 0 Å². The maximum Gasteiger partial charge on any atom is 0.141 e. The zero-order valence-corrected chi connectivity index (χ0v) is 14.9. The molecular formula is C14H9Br2Cl2FO. The van der Waals surface area contributed by atoms with Gasteiger partial charge in [-0.1, -0.05) is 33.6 Å². The summed E-state index contributed by atoms with van der Waals surface area (Å²) < 4.78 is 19.9. The van der Waals surface area contributed by atoms with Crippen molar-refractivity contribution in [2.45, 2.75) is 5.38 Å². The first-order chi connectivity index (χ1) is 9.43. The van der Waals surface area contributed by atoms with E-state index in [2.05, 4.69) is 31.9 Å². The van der Waals surface area contributed by atoms with Crippen molar-refractivity contribution in [2.75, 3.05) is 7.11 Å². The van der Waals surface area contributed by atoms with Gasteiger partial charge in [0.25, 0.3) is 0 Å². The molecule has 1 unspecified atom stereocenters. The summed E-state index contributed by atoms with van der Waals surface area (Å²) in [5.41, 5.74) is 1.38. The summed E-state index contributed by atoms with van der Waals surface area (Å²) in [5.74, 6) is -0.0268. The van der Waals surface area contributed by atoms with E-state index >= 15 is 0 Å². The first-order valence-electron chi connectivity index (χ1n) is 5.56. The molecule has 2 aromatic rings. The smallest absolute Gasteiger partial charge is 0.141 e. The Morgan fingerprint density at radius 1 is 1.15 bits per heavy atom. The molecule has 0 aromatic heterocycles. The first kappa shape index (κ1) is 16.1. The Morgan fingerprint density at radius 3 is 2.45 bits per heavy atom. The van der Waals surface area contributed by atoms with Gasteiger partial charge in [-0.05, 0) is 39.7 Å². The van der Waals surface area contributed by atoms with Crippen molar-refractivity contribution in [3.63, 3.8) is 0 Å². The third kappa shape index (κ3) is 3.30. The minimum atomic E-state index is -0.539. The summed E-state index contributed by atoms with van der Waals surface area (Å²) in [6.07, 6.45) is 0. The van der Waals surface area contributed by atoms with Crippen LogP contribution in [0, 0.1) is 5.82 Å². The van der Waals surface area contributed by atoms with E-state index in [-0.39, 0.29) is 0 Å². The van der Waals surface area contributed by atoms with Crippen molar-refractivity contribution in [1.29, 1.82) is 0 Å². The molecule has 0 saturated carbocycles. The van der Waals surface area contributed by atoms with Crippen molar-refractivity contribution in [1.82, 2.24) is 0 Å². The van der Waals surface area contributed by atoms with E-state index in [0.29, 0.717) is 20.8 Å². The Hall–Kier alpha value is -0.290. The molecule has 0 radical (unpaired) electrons. The van der Waals surface area contributed by atoms with Gasteiger partial charge in [-0.15, -0.1) is 11.6 Å². The highest BCUT2D eigenvalue weighted by molar-refractivity contribution is 9.10. The van der Waals surface area contributed by atoms with E-state index in [9.17, 15) is 4.39 Å². The van der Waals surface area contributed by atoms with Gasteiger partial charge in [-0.2, -0.15) is 0 Å². The lowest BCUT2D eigenvalue weighted by atomic mass is 10.0. The van der Waals surface area contributed by atoms with E-state index in [0.717, 1.165) is 10.0 Å². The highest BCUT2D eigenvalue weighted by Crippen LogP contribution is 2.40. The van der Waals surface area contributed by atoms with Crippen molar-refractivity contribution in [2.24, 2.45) is 0 Å². The van der Waals surface area contributed by atoms with E-state index in [1.54, 1.807) is 12.1 Å². The van der Waals surface area contributed by atoms with Crippen LogP contribution in [0.4, 0.5) is 4.39 Å². The molecule has 20 heavy (non-hydrogen) atoms. The van der Waals surface area contributed by atoms with Crippen molar-refractivity contribution < 1.29 is 9.13 Å². The Bertz CT molecular complexity index is 649. The number of benzene rings is 2. The molecule has 1 atom stereocenters. The Balaban J connectivity index is 2.52. The number of hydrogen-bond acceptors (Lipinski definition) is 1. The molecule has 0 heterocycles. The average Bonchev–Trinajstić information content (AvgIpc) is 2.40. The average molecular weight is 443 g/mol. The van der Waals surface area contributed by atoms with Crippen LogP contribution in [0.2, 0.25) is 5.02 Å². The fourth-order valence-electron chi connectivity index (χ4n) is 1.79. The van der Waals surface area contributed by atoms with Crippen LogP contribution >= 0.6 is 55.1 Å². The summed E-state index contributed by atoms with van der Waals surface area (Å²) in [4.78, 5) is 0. The molecule has 106 valence electrons. The van der Waals surface area contributed by atoms with Gasteiger partial charge in [0.1, 0.15) is 11.6 Å². The molecule has 2 rings (SSSR count). The molecule has 0 aliphatic rings. The van der Waals surface area contributed by atoms with Gasteiger partial charge in [0.05, 0.1) is 17.0 Å². The predicted octanol–water partition coefficient (Wildman–Crippen LogP) is 6.34. The molecule has 6 heteroatoms. The van der Waals surface area contributed by atoms with E-state index in [4.69, 9.17) is 27.9 Å². The van der Waals surface area contributed by atoms with Crippen molar-refractivity contribution in [3.05, 3.63) is 61.2 Å². The quantitative estimate of drug-likeness (QED) is 0.504. The zero-order chi connectivity index (χ0) is 14.9. The molecule has 0 N–H and O–H groups in total. The minimum Gasteiger partial charge on any atom is -0.496 e. The standard InChI is InChI=1S/C14H9Br2Cl2FO/c1-20-13-6-12(19)10(16)5-9(13)14(18)8-3-2-7(15)4-11(8)17/h2-6,14H,1H3. The largest absolute Gasteiger partial charge is 0.496 e. The highest BCUT2D eigenvalue weighted by atomic mass is 79.9. The summed E-state index contributed by atoms with van der Waals surface area (Å²) >= 11 is 19.2. The van der Waals surface area contributed by atoms with Crippen LogP contribution < -0.4 is 4.74 Å². The van der Waals surface area contributed by atoms with E-state index < -0.39 is 11.2 Å². The normalized spacial score (nSPS) is 12.3. The summed E-state index contributed by atoms with van der Waals surface area (Å²) in [5, 5.41) is -0.00988. The fraction of sp³-hybridized carbons (Fsp3) is 0.143.